The normalized spacial score (nSPS) is 14.9. The zero-order valence-corrected chi connectivity index (χ0v) is 21.4. The van der Waals surface area contributed by atoms with E-state index in [1.54, 1.807) is 44.6 Å². The molecule has 0 bridgehead atoms. The first-order chi connectivity index (χ1) is 16.9. The van der Waals surface area contributed by atoms with Crippen LogP contribution in [0.2, 0.25) is 0 Å². The van der Waals surface area contributed by atoms with Crippen LogP contribution in [-0.2, 0) is 0 Å². The second-order valence-corrected chi connectivity index (χ2v) is 8.46. The molecule has 1 aliphatic rings. The van der Waals surface area contributed by atoms with Crippen LogP contribution >= 0.6 is 12.4 Å². The monoisotopic (exact) mass is 509 g/mol. The van der Waals surface area contributed by atoms with Gasteiger partial charge in [-0.25, -0.2) is 9.97 Å². The quantitative estimate of drug-likeness (QED) is 0.511. The number of anilines is 2. The molecule has 188 valence electrons. The van der Waals surface area contributed by atoms with Gasteiger partial charge in [0.1, 0.15) is 29.3 Å². The van der Waals surface area contributed by atoms with Crippen LogP contribution in [0.15, 0.2) is 42.6 Å². The third-order valence-corrected chi connectivity index (χ3v) is 5.62. The van der Waals surface area contributed by atoms with Crippen molar-refractivity contribution in [3.05, 3.63) is 53.7 Å². The summed E-state index contributed by atoms with van der Waals surface area (Å²) in [6.45, 7) is 1.83. The van der Waals surface area contributed by atoms with Crippen LogP contribution in [0.5, 0.6) is 11.6 Å². The van der Waals surface area contributed by atoms with Crippen molar-refractivity contribution in [3.63, 3.8) is 0 Å². The van der Waals surface area contributed by atoms with Gasteiger partial charge in [-0.15, -0.1) is 12.4 Å². The van der Waals surface area contributed by atoms with E-state index in [-0.39, 0.29) is 30.3 Å². The van der Waals surface area contributed by atoms with Gasteiger partial charge in [0.2, 0.25) is 11.8 Å². The minimum atomic E-state index is -0.208. The molecule has 1 fully saturated rings. The summed E-state index contributed by atoms with van der Waals surface area (Å²) >= 11 is 0. The molecule has 10 nitrogen and oxygen atoms in total. The lowest BCUT2D eigenvalue weighted by atomic mass is 10.1. The molecule has 1 amide bonds. The van der Waals surface area contributed by atoms with Gasteiger partial charge in [0, 0.05) is 38.9 Å². The number of amides is 1. The van der Waals surface area contributed by atoms with Crippen molar-refractivity contribution in [2.24, 2.45) is 0 Å². The first-order valence-corrected chi connectivity index (χ1v) is 11.1. The lowest BCUT2D eigenvalue weighted by molar-refractivity contribution is 0.0823. The number of rotatable bonds is 7. The summed E-state index contributed by atoms with van der Waals surface area (Å²) < 4.78 is 11.4. The van der Waals surface area contributed by atoms with Crippen LogP contribution in [0.25, 0.3) is 11.3 Å². The number of benzene rings is 1. The number of likely N-dealkylation sites (tertiary alicyclic amines) is 1. The largest absolute Gasteiger partial charge is 0.488 e. The maximum Gasteiger partial charge on any atom is 0.258 e. The first-order valence-electron chi connectivity index (χ1n) is 11.1. The van der Waals surface area contributed by atoms with Crippen LogP contribution in [0, 0.1) is 11.3 Å². The predicted octanol–water partition coefficient (Wildman–Crippen LogP) is 3.37. The first kappa shape index (κ1) is 26.7. The van der Waals surface area contributed by atoms with E-state index in [0.717, 1.165) is 25.1 Å². The standard InChI is InChI=1S/C25H27N7O3.ClH/c1-31(2)24(33)19-6-8-22(29-23(19)34-4)30-25-27-11-9-20(28-25)16-5-7-21(17(13-16)14-26)35-18-10-12-32(3)15-18;/h5-9,11,13,18H,10,12,15H2,1-4H3,(H,27,28,29,30);1H. The Kier molecular flexibility index (Phi) is 8.64. The van der Waals surface area contributed by atoms with Crippen molar-refractivity contribution in [2.75, 3.05) is 46.7 Å². The fourth-order valence-electron chi connectivity index (χ4n) is 3.81. The summed E-state index contributed by atoms with van der Waals surface area (Å²) in [7, 11) is 6.84. The van der Waals surface area contributed by atoms with Gasteiger partial charge < -0.3 is 24.6 Å². The SMILES string of the molecule is COc1nc(Nc2nccc(-c3ccc(OC4CCN(C)C4)c(C#N)c3)n2)ccc1C(=O)N(C)C.Cl. The Labute approximate surface area is 216 Å². The molecule has 0 aliphatic carbocycles. The van der Waals surface area contributed by atoms with E-state index >= 15 is 0 Å². The minimum absolute atomic E-state index is 0. The van der Waals surface area contributed by atoms with Crippen molar-refractivity contribution >= 4 is 30.1 Å². The highest BCUT2D eigenvalue weighted by Crippen LogP contribution is 2.28. The van der Waals surface area contributed by atoms with Gasteiger partial charge in [0.05, 0.1) is 18.4 Å². The van der Waals surface area contributed by atoms with Crippen molar-refractivity contribution in [2.45, 2.75) is 12.5 Å². The number of likely N-dealkylation sites (N-methyl/N-ethyl adjacent to an activating group) is 1. The fraction of sp³-hybridized carbons (Fsp3) is 0.320. The molecule has 4 rings (SSSR count). The molecule has 1 saturated heterocycles. The van der Waals surface area contributed by atoms with Gasteiger partial charge in [-0.1, -0.05) is 0 Å². The van der Waals surface area contributed by atoms with Crippen LogP contribution in [-0.4, -0.2) is 78.1 Å². The maximum absolute atomic E-state index is 12.3. The Morgan fingerprint density at radius 3 is 2.69 bits per heavy atom. The molecular weight excluding hydrogens is 482 g/mol. The number of nitriles is 1. The number of nitrogens with zero attached hydrogens (tertiary/aromatic N) is 6. The number of carbonyl (C=O) groups is 1. The molecule has 1 aliphatic heterocycles. The van der Waals surface area contributed by atoms with Crippen molar-refractivity contribution in [1.29, 1.82) is 5.26 Å². The second-order valence-electron chi connectivity index (χ2n) is 8.46. The van der Waals surface area contributed by atoms with Crippen LogP contribution in [0.1, 0.15) is 22.3 Å². The van der Waals surface area contributed by atoms with E-state index in [1.165, 1.54) is 12.0 Å². The number of hydrogen-bond donors (Lipinski definition) is 1. The molecule has 1 N–H and O–H groups in total. The van der Waals surface area contributed by atoms with Gasteiger partial charge in [-0.2, -0.15) is 10.2 Å². The number of pyridine rings is 1. The minimum Gasteiger partial charge on any atom is -0.488 e. The summed E-state index contributed by atoms with van der Waals surface area (Å²) in [4.78, 5) is 29.2. The topological polar surface area (TPSA) is 116 Å². The summed E-state index contributed by atoms with van der Waals surface area (Å²) in [5, 5.41) is 12.7. The summed E-state index contributed by atoms with van der Waals surface area (Å²) in [6, 6.07) is 12.8. The van der Waals surface area contributed by atoms with E-state index in [0.29, 0.717) is 34.3 Å². The van der Waals surface area contributed by atoms with Gasteiger partial charge in [0.25, 0.3) is 5.91 Å². The van der Waals surface area contributed by atoms with Crippen molar-refractivity contribution < 1.29 is 14.3 Å². The van der Waals surface area contributed by atoms with E-state index in [4.69, 9.17) is 9.47 Å². The Morgan fingerprint density at radius 2 is 2.03 bits per heavy atom. The van der Waals surface area contributed by atoms with E-state index in [1.807, 2.05) is 12.1 Å². The Morgan fingerprint density at radius 1 is 1.22 bits per heavy atom. The Hall–Kier alpha value is -3.94. The lowest BCUT2D eigenvalue weighted by Gasteiger charge is -2.15. The van der Waals surface area contributed by atoms with E-state index < -0.39 is 0 Å². The second kappa shape index (κ2) is 11.7. The van der Waals surface area contributed by atoms with Crippen molar-refractivity contribution in [1.82, 2.24) is 24.8 Å². The van der Waals surface area contributed by atoms with Crippen LogP contribution < -0.4 is 14.8 Å². The highest BCUT2D eigenvalue weighted by Gasteiger charge is 2.22. The molecule has 3 aromatic rings. The third kappa shape index (κ3) is 6.00. The molecule has 0 saturated carbocycles. The zero-order valence-electron chi connectivity index (χ0n) is 20.6. The number of halogens is 1. The fourth-order valence-corrected chi connectivity index (χ4v) is 3.81. The molecule has 2 aromatic heterocycles. The van der Waals surface area contributed by atoms with Crippen molar-refractivity contribution in [3.8, 4) is 29.0 Å². The van der Waals surface area contributed by atoms with Crippen LogP contribution in [0.4, 0.5) is 11.8 Å². The highest BCUT2D eigenvalue weighted by atomic mass is 35.5. The average Bonchev–Trinajstić information content (AvgIpc) is 3.28. The predicted molar refractivity (Wildman–Crippen MR) is 138 cm³/mol. The molecule has 36 heavy (non-hydrogen) atoms. The third-order valence-electron chi connectivity index (χ3n) is 5.62. The lowest BCUT2D eigenvalue weighted by Crippen LogP contribution is -2.22. The molecule has 1 atom stereocenters. The maximum atomic E-state index is 12.3. The molecule has 0 radical (unpaired) electrons. The van der Waals surface area contributed by atoms with Gasteiger partial charge in [-0.3, -0.25) is 4.79 Å². The number of aromatic nitrogens is 3. The molecule has 0 spiro atoms. The van der Waals surface area contributed by atoms with Gasteiger partial charge >= 0.3 is 0 Å². The number of ether oxygens (including phenoxy) is 2. The van der Waals surface area contributed by atoms with Gasteiger partial charge in [0.15, 0.2) is 0 Å². The molecule has 1 unspecified atom stereocenters. The summed E-state index contributed by atoms with van der Waals surface area (Å²) in [5.41, 5.74) is 2.21. The number of carbonyl (C=O) groups excluding carboxylic acids is 1. The average molecular weight is 510 g/mol. The molecule has 3 heterocycles. The number of hydrogen-bond acceptors (Lipinski definition) is 9. The van der Waals surface area contributed by atoms with E-state index in [2.05, 4.69) is 38.3 Å². The zero-order chi connectivity index (χ0) is 24.9. The molecule has 1 aromatic carbocycles. The van der Waals surface area contributed by atoms with E-state index in [9.17, 15) is 10.1 Å². The summed E-state index contributed by atoms with van der Waals surface area (Å²) in [5.74, 6) is 1.31. The Balaban J connectivity index is 0.00000361. The Bertz CT molecular complexity index is 1280. The molecular formula is C25H28ClN7O3. The smallest absolute Gasteiger partial charge is 0.258 e. The number of nitrogens with one attached hydrogen (secondary N) is 1. The molecule has 11 heteroatoms. The van der Waals surface area contributed by atoms with Crippen LogP contribution in [0.3, 0.4) is 0 Å². The highest BCUT2D eigenvalue weighted by molar-refractivity contribution is 5.96. The number of methoxy groups -OCH3 is 1. The van der Waals surface area contributed by atoms with Gasteiger partial charge in [-0.05, 0) is 49.9 Å². The summed E-state index contributed by atoms with van der Waals surface area (Å²) in [6.07, 6.45) is 2.64.